The molecule has 2 aromatic carbocycles. The molecule has 0 fully saturated rings. The summed E-state index contributed by atoms with van der Waals surface area (Å²) in [6.45, 7) is 0. The van der Waals surface area contributed by atoms with Crippen molar-refractivity contribution in [2.75, 3.05) is 0 Å². The van der Waals surface area contributed by atoms with Crippen molar-refractivity contribution in [2.24, 2.45) is 0 Å². The van der Waals surface area contributed by atoms with E-state index in [4.69, 9.17) is 10.2 Å². The monoisotopic (exact) mass is 432 g/mol. The Balaban J connectivity index is 0.000000443. The predicted octanol–water partition coefficient (Wildman–Crippen LogP) is 4.17. The van der Waals surface area contributed by atoms with Gasteiger partial charge in [-0.3, -0.25) is 0 Å². The van der Waals surface area contributed by atoms with Gasteiger partial charge in [-0.25, -0.2) is 26.3 Å². The van der Waals surface area contributed by atoms with E-state index in [1.54, 1.807) is 0 Å². The van der Waals surface area contributed by atoms with Gasteiger partial charge in [0.15, 0.2) is 11.5 Å². The van der Waals surface area contributed by atoms with Crippen molar-refractivity contribution in [1.82, 2.24) is 0 Å². The molecule has 0 aliphatic rings. The molecule has 0 saturated carbocycles. The normalized spacial score (nSPS) is 10.0. The summed E-state index contributed by atoms with van der Waals surface area (Å²) >= 11 is 0. The third-order valence-electron chi connectivity index (χ3n) is 2.37. The SMILES string of the molecule is Oc1c(F)c(F)c(F)c(F)c1F.Oc1c(F)c(F)c(F)c(F)c1F.[Zn]. The van der Waals surface area contributed by atoms with E-state index in [0.29, 0.717) is 0 Å². The largest absolute Gasteiger partial charge is 0.503 e. The summed E-state index contributed by atoms with van der Waals surface area (Å²) in [4.78, 5) is 0. The standard InChI is InChI=1S/2C6HF5O.Zn/c2*7-1-2(8)4(10)6(12)5(11)3(1)9;/h2*12H;. The maximum Gasteiger partial charge on any atom is 0.206 e. The summed E-state index contributed by atoms with van der Waals surface area (Å²) < 4.78 is 121. The van der Waals surface area contributed by atoms with Gasteiger partial charge in [0, 0.05) is 19.5 Å². The Kier molecular flexibility index (Phi) is 7.69. The number of halogens is 10. The molecule has 0 heterocycles. The first kappa shape index (κ1) is 23.0. The van der Waals surface area contributed by atoms with Crippen LogP contribution in [-0.2, 0) is 19.5 Å². The minimum atomic E-state index is -2.29. The van der Waals surface area contributed by atoms with E-state index in [0.717, 1.165) is 0 Å². The number of hydrogen-bond acceptors (Lipinski definition) is 2. The maximum atomic E-state index is 12.2. The maximum absolute atomic E-state index is 12.2. The Hall–Kier alpha value is -2.04. The van der Waals surface area contributed by atoms with Crippen LogP contribution in [0.15, 0.2) is 0 Å². The van der Waals surface area contributed by atoms with Gasteiger partial charge >= 0.3 is 0 Å². The predicted molar refractivity (Wildman–Crippen MR) is 55.8 cm³/mol. The first-order valence-corrected chi connectivity index (χ1v) is 5.34. The van der Waals surface area contributed by atoms with Gasteiger partial charge in [0.1, 0.15) is 0 Å². The fraction of sp³-hybridized carbons (Fsp3) is 0. The Morgan fingerprint density at radius 1 is 0.320 bits per heavy atom. The van der Waals surface area contributed by atoms with Crippen LogP contribution >= 0.6 is 0 Å². The van der Waals surface area contributed by atoms with Crippen LogP contribution in [0.25, 0.3) is 0 Å². The van der Waals surface area contributed by atoms with E-state index in [1.165, 1.54) is 0 Å². The van der Waals surface area contributed by atoms with Crippen LogP contribution in [0.2, 0.25) is 0 Å². The van der Waals surface area contributed by atoms with Crippen molar-refractivity contribution in [2.45, 2.75) is 0 Å². The van der Waals surface area contributed by atoms with Crippen LogP contribution in [0, 0.1) is 58.2 Å². The van der Waals surface area contributed by atoms with Gasteiger partial charge < -0.3 is 10.2 Å². The third-order valence-corrected chi connectivity index (χ3v) is 2.37. The van der Waals surface area contributed by atoms with Crippen molar-refractivity contribution in [3.63, 3.8) is 0 Å². The molecular weight excluding hydrogens is 432 g/mol. The van der Waals surface area contributed by atoms with Gasteiger partial charge in [-0.05, 0) is 0 Å². The van der Waals surface area contributed by atoms with E-state index < -0.39 is 69.7 Å². The molecule has 0 radical (unpaired) electrons. The smallest absolute Gasteiger partial charge is 0.206 e. The van der Waals surface area contributed by atoms with Crippen molar-refractivity contribution in [3.05, 3.63) is 58.2 Å². The second-order valence-electron chi connectivity index (χ2n) is 3.84. The molecule has 0 aliphatic heterocycles. The minimum Gasteiger partial charge on any atom is -0.503 e. The number of benzene rings is 2. The molecule has 2 rings (SSSR count). The van der Waals surface area contributed by atoms with Crippen LogP contribution in [0.1, 0.15) is 0 Å². The van der Waals surface area contributed by atoms with E-state index in [1.807, 2.05) is 0 Å². The summed E-state index contributed by atoms with van der Waals surface area (Å²) in [5.74, 6) is -25.9. The fourth-order valence-corrected chi connectivity index (χ4v) is 1.19. The number of phenols is 2. The molecule has 0 aliphatic carbocycles. The van der Waals surface area contributed by atoms with Crippen LogP contribution in [0.4, 0.5) is 43.9 Å². The van der Waals surface area contributed by atoms with Gasteiger partial charge in [-0.15, -0.1) is 0 Å². The molecule has 0 atom stereocenters. The summed E-state index contributed by atoms with van der Waals surface area (Å²) in [6.07, 6.45) is 0. The summed E-state index contributed by atoms with van der Waals surface area (Å²) in [5.41, 5.74) is 0. The summed E-state index contributed by atoms with van der Waals surface area (Å²) in [6, 6.07) is 0. The third kappa shape index (κ3) is 4.14. The molecule has 0 spiro atoms. The van der Waals surface area contributed by atoms with Crippen molar-refractivity contribution < 1.29 is 73.6 Å². The number of rotatable bonds is 0. The Labute approximate surface area is 144 Å². The molecule has 2 nitrogen and oxygen atoms in total. The Morgan fingerprint density at radius 3 is 0.600 bits per heavy atom. The molecule has 2 aromatic rings. The molecular formula is C12H2F10O2Zn. The number of aromatic hydroxyl groups is 2. The first-order valence-electron chi connectivity index (χ1n) is 5.34. The minimum absolute atomic E-state index is 0. The van der Waals surface area contributed by atoms with Crippen LogP contribution in [0.5, 0.6) is 11.5 Å². The molecule has 0 unspecified atom stereocenters. The zero-order valence-corrected chi connectivity index (χ0v) is 14.3. The molecule has 0 aromatic heterocycles. The second kappa shape index (κ2) is 8.37. The van der Waals surface area contributed by atoms with Crippen LogP contribution in [0.3, 0.4) is 0 Å². The molecule has 0 saturated heterocycles. The van der Waals surface area contributed by atoms with E-state index in [2.05, 4.69) is 0 Å². The molecule has 2 N–H and O–H groups in total. The summed E-state index contributed by atoms with van der Waals surface area (Å²) in [7, 11) is 0. The molecule has 0 amide bonds. The van der Waals surface area contributed by atoms with E-state index in [9.17, 15) is 43.9 Å². The van der Waals surface area contributed by atoms with Crippen LogP contribution in [-0.4, -0.2) is 10.2 Å². The van der Waals surface area contributed by atoms with Gasteiger partial charge in [0.05, 0.1) is 0 Å². The molecule has 134 valence electrons. The quantitative estimate of drug-likeness (QED) is 0.283. The molecule has 13 heteroatoms. The first-order chi connectivity index (χ1) is 10.9. The van der Waals surface area contributed by atoms with E-state index >= 15 is 0 Å². The summed E-state index contributed by atoms with van der Waals surface area (Å²) in [5, 5.41) is 16.6. The van der Waals surface area contributed by atoms with Gasteiger partial charge in [0.25, 0.3) is 0 Å². The zero-order chi connectivity index (χ0) is 18.9. The topological polar surface area (TPSA) is 40.5 Å². The average molecular weight is 434 g/mol. The zero-order valence-electron chi connectivity index (χ0n) is 11.4. The van der Waals surface area contributed by atoms with Crippen molar-refractivity contribution >= 4 is 0 Å². The van der Waals surface area contributed by atoms with Gasteiger partial charge in [-0.1, -0.05) is 0 Å². The fourth-order valence-electron chi connectivity index (χ4n) is 1.19. The van der Waals surface area contributed by atoms with Crippen LogP contribution < -0.4 is 0 Å². The van der Waals surface area contributed by atoms with Crippen molar-refractivity contribution in [3.8, 4) is 11.5 Å². The Bertz CT molecular complexity index is 534. The van der Waals surface area contributed by atoms with Crippen molar-refractivity contribution in [1.29, 1.82) is 0 Å². The molecule has 0 bridgehead atoms. The average Bonchev–Trinajstić information content (AvgIpc) is 2.58. The van der Waals surface area contributed by atoms with Gasteiger partial charge in [0.2, 0.25) is 58.2 Å². The second-order valence-corrected chi connectivity index (χ2v) is 3.84. The number of phenolic OH excluding ortho intramolecular Hbond substituents is 2. The van der Waals surface area contributed by atoms with Gasteiger partial charge in [-0.2, -0.15) is 17.6 Å². The molecule has 25 heavy (non-hydrogen) atoms. The number of hydrogen-bond donors (Lipinski definition) is 2. The van der Waals surface area contributed by atoms with E-state index in [-0.39, 0.29) is 19.5 Å². The Morgan fingerprint density at radius 2 is 0.440 bits per heavy atom.